The lowest BCUT2D eigenvalue weighted by atomic mass is 9.99. The highest BCUT2D eigenvalue weighted by Crippen LogP contribution is 2.33. The molecule has 0 aliphatic carbocycles. The van der Waals surface area contributed by atoms with E-state index in [4.69, 9.17) is 15.5 Å². The van der Waals surface area contributed by atoms with E-state index < -0.39 is 0 Å². The van der Waals surface area contributed by atoms with E-state index in [9.17, 15) is 4.79 Å². The topological polar surface area (TPSA) is 98.3 Å². The second-order valence-electron chi connectivity index (χ2n) is 8.42. The molecule has 0 radical (unpaired) electrons. The zero-order chi connectivity index (χ0) is 23.1. The van der Waals surface area contributed by atoms with E-state index in [1.54, 1.807) is 17.9 Å². The van der Waals surface area contributed by atoms with Crippen molar-refractivity contribution in [3.8, 4) is 11.4 Å². The summed E-state index contributed by atoms with van der Waals surface area (Å²) < 4.78 is 7.21. The summed E-state index contributed by atoms with van der Waals surface area (Å²) in [5, 5.41) is 3.90. The first kappa shape index (κ1) is 21.0. The molecule has 0 bridgehead atoms. The number of rotatable bonds is 4. The lowest BCUT2D eigenvalue weighted by molar-refractivity contribution is 0.312. The molecule has 1 aliphatic heterocycles. The molecule has 168 valence electrons. The minimum Gasteiger partial charge on any atom is -0.495 e. The van der Waals surface area contributed by atoms with Crippen molar-refractivity contribution in [2.24, 2.45) is 0 Å². The van der Waals surface area contributed by atoms with Crippen LogP contribution in [0.25, 0.3) is 16.7 Å². The monoisotopic (exact) mass is 442 g/mol. The number of likely N-dealkylation sites (N-methyl/N-ethyl adjacent to an activating group) is 1. The number of nitrogens with two attached hydrogens (primary N) is 1. The number of hydrogen-bond donors (Lipinski definition) is 2. The van der Waals surface area contributed by atoms with Crippen molar-refractivity contribution >= 4 is 28.4 Å². The number of benzene rings is 2. The van der Waals surface area contributed by atoms with Gasteiger partial charge in [-0.1, -0.05) is 18.2 Å². The number of pyridine rings is 1. The molecule has 0 saturated heterocycles. The molecule has 0 spiro atoms. The Morgan fingerprint density at radius 2 is 1.97 bits per heavy atom. The van der Waals surface area contributed by atoms with Crippen molar-refractivity contribution < 1.29 is 4.74 Å². The summed E-state index contributed by atoms with van der Waals surface area (Å²) in [5.74, 6) is 1.09. The van der Waals surface area contributed by atoms with E-state index in [1.807, 2.05) is 31.2 Å². The van der Waals surface area contributed by atoms with Gasteiger partial charge in [-0.3, -0.25) is 9.36 Å². The van der Waals surface area contributed by atoms with Crippen LogP contribution in [0.2, 0.25) is 0 Å². The van der Waals surface area contributed by atoms with Crippen LogP contribution in [0.1, 0.15) is 16.7 Å². The van der Waals surface area contributed by atoms with Gasteiger partial charge in [-0.2, -0.15) is 4.98 Å². The molecule has 0 unspecified atom stereocenters. The summed E-state index contributed by atoms with van der Waals surface area (Å²) >= 11 is 0. The highest BCUT2D eigenvalue weighted by molar-refractivity contribution is 5.89. The van der Waals surface area contributed by atoms with Crippen molar-refractivity contribution in [1.82, 2.24) is 19.4 Å². The predicted octanol–water partition coefficient (Wildman–Crippen LogP) is 3.41. The van der Waals surface area contributed by atoms with Gasteiger partial charge in [0.2, 0.25) is 5.95 Å². The van der Waals surface area contributed by atoms with E-state index >= 15 is 0 Å². The zero-order valence-corrected chi connectivity index (χ0v) is 18.9. The summed E-state index contributed by atoms with van der Waals surface area (Å²) in [4.78, 5) is 24.4. The highest BCUT2D eigenvalue weighted by atomic mass is 16.5. The number of ether oxygens (including phenoxy) is 1. The van der Waals surface area contributed by atoms with Crippen molar-refractivity contribution in [2.75, 3.05) is 31.8 Å². The predicted molar refractivity (Wildman–Crippen MR) is 131 cm³/mol. The fourth-order valence-corrected chi connectivity index (χ4v) is 4.35. The fraction of sp³-hybridized carbons (Fsp3) is 0.240. The number of para-hydroxylation sites is 1. The normalized spacial score (nSPS) is 13.7. The van der Waals surface area contributed by atoms with Gasteiger partial charge in [-0.05, 0) is 55.3 Å². The number of nitrogens with zero attached hydrogens (tertiary/aromatic N) is 4. The van der Waals surface area contributed by atoms with Gasteiger partial charge in [-0.15, -0.1) is 0 Å². The molecule has 3 heterocycles. The Morgan fingerprint density at radius 3 is 2.76 bits per heavy atom. The number of aromatic nitrogens is 3. The summed E-state index contributed by atoms with van der Waals surface area (Å²) in [6.45, 7) is 3.85. The average molecular weight is 443 g/mol. The molecular formula is C25H26N6O2. The van der Waals surface area contributed by atoms with Crippen LogP contribution in [-0.4, -0.2) is 40.1 Å². The summed E-state index contributed by atoms with van der Waals surface area (Å²) in [5.41, 5.74) is 11.7. The molecule has 8 nitrogen and oxygen atoms in total. The minimum absolute atomic E-state index is 0.242. The Bertz CT molecular complexity index is 1430. The molecule has 3 N–H and O–H groups in total. The average Bonchev–Trinajstić information content (AvgIpc) is 2.79. The Hall–Kier alpha value is -3.91. The molecule has 1 aliphatic rings. The summed E-state index contributed by atoms with van der Waals surface area (Å²) in [7, 11) is 3.77. The maximum Gasteiger partial charge on any atom is 0.258 e. The van der Waals surface area contributed by atoms with Gasteiger partial charge in [0, 0.05) is 31.0 Å². The van der Waals surface area contributed by atoms with Gasteiger partial charge in [-0.25, -0.2) is 4.98 Å². The molecule has 0 amide bonds. The first-order valence-electron chi connectivity index (χ1n) is 10.8. The van der Waals surface area contributed by atoms with E-state index in [-0.39, 0.29) is 5.56 Å². The van der Waals surface area contributed by atoms with Crippen LogP contribution >= 0.6 is 0 Å². The van der Waals surface area contributed by atoms with Gasteiger partial charge in [0.1, 0.15) is 5.75 Å². The number of hydrogen-bond acceptors (Lipinski definition) is 7. The number of methoxy groups -OCH3 is 1. The molecule has 8 heteroatoms. The molecule has 33 heavy (non-hydrogen) atoms. The van der Waals surface area contributed by atoms with Gasteiger partial charge in [0.15, 0.2) is 5.65 Å². The Labute approximate surface area is 191 Å². The molecule has 2 aromatic carbocycles. The highest BCUT2D eigenvalue weighted by Gasteiger charge is 2.18. The lowest BCUT2D eigenvalue weighted by Gasteiger charge is -2.26. The van der Waals surface area contributed by atoms with Crippen LogP contribution in [0.4, 0.5) is 17.3 Å². The third-order valence-electron chi connectivity index (χ3n) is 6.12. The van der Waals surface area contributed by atoms with E-state index in [1.165, 1.54) is 17.2 Å². The molecule has 0 saturated carbocycles. The standard InChI is InChI=1S/C25H26N6O2/c1-15-6-4-5-7-21(15)31-23(32)12-19(26)18-13-27-25(29-24(18)31)28-20-10-17-14-30(2)9-8-16(17)11-22(20)33-3/h4-7,10-13H,8-9,14,26H2,1-3H3,(H,27,28,29). The maximum atomic E-state index is 12.9. The molecule has 4 aromatic rings. The molecule has 0 fully saturated rings. The molecular weight excluding hydrogens is 416 g/mol. The SMILES string of the molecule is COc1cc2c(cc1Nc1ncc3c(N)cc(=O)n(-c4ccccc4C)c3n1)CN(C)CC2. The van der Waals surface area contributed by atoms with Crippen LogP contribution in [0, 0.1) is 6.92 Å². The smallest absolute Gasteiger partial charge is 0.258 e. The van der Waals surface area contributed by atoms with Gasteiger partial charge in [0.05, 0.1) is 23.9 Å². The van der Waals surface area contributed by atoms with E-state index in [0.717, 1.165) is 42.2 Å². The van der Waals surface area contributed by atoms with E-state index in [0.29, 0.717) is 22.7 Å². The van der Waals surface area contributed by atoms with Crippen LogP contribution < -0.4 is 21.3 Å². The summed E-state index contributed by atoms with van der Waals surface area (Å²) in [6, 6.07) is 13.3. The number of nitrogen functional groups attached to an aromatic ring is 1. The Kier molecular flexibility index (Phi) is 5.22. The van der Waals surface area contributed by atoms with Crippen molar-refractivity contribution in [3.63, 3.8) is 0 Å². The fourth-order valence-electron chi connectivity index (χ4n) is 4.35. The van der Waals surface area contributed by atoms with Crippen molar-refractivity contribution in [2.45, 2.75) is 19.9 Å². The minimum atomic E-state index is -0.242. The van der Waals surface area contributed by atoms with Crippen LogP contribution in [0.3, 0.4) is 0 Å². The molecule has 2 aromatic heterocycles. The molecule has 0 atom stereocenters. The first-order chi connectivity index (χ1) is 15.9. The van der Waals surface area contributed by atoms with Crippen molar-refractivity contribution in [1.29, 1.82) is 0 Å². The second kappa shape index (κ2) is 8.22. The lowest BCUT2D eigenvalue weighted by Crippen LogP contribution is -2.26. The first-order valence-corrected chi connectivity index (χ1v) is 10.8. The largest absolute Gasteiger partial charge is 0.495 e. The molecule has 5 rings (SSSR count). The Morgan fingerprint density at radius 1 is 1.15 bits per heavy atom. The third-order valence-corrected chi connectivity index (χ3v) is 6.12. The van der Waals surface area contributed by atoms with Gasteiger partial charge < -0.3 is 20.7 Å². The zero-order valence-electron chi connectivity index (χ0n) is 18.9. The number of anilines is 3. The maximum absolute atomic E-state index is 12.9. The van der Waals surface area contributed by atoms with Crippen LogP contribution in [-0.2, 0) is 13.0 Å². The third kappa shape index (κ3) is 3.78. The Balaban J connectivity index is 1.64. The van der Waals surface area contributed by atoms with Gasteiger partial charge >= 0.3 is 0 Å². The number of aryl methyl sites for hydroxylation is 1. The van der Waals surface area contributed by atoms with Gasteiger partial charge in [0.25, 0.3) is 5.56 Å². The summed E-state index contributed by atoms with van der Waals surface area (Å²) in [6.07, 6.45) is 2.63. The van der Waals surface area contributed by atoms with Crippen molar-refractivity contribution in [3.05, 3.63) is 75.7 Å². The van der Waals surface area contributed by atoms with Crippen LogP contribution in [0.5, 0.6) is 5.75 Å². The quantitative estimate of drug-likeness (QED) is 0.500. The number of nitrogens with one attached hydrogen (secondary N) is 1. The van der Waals surface area contributed by atoms with E-state index in [2.05, 4.69) is 34.4 Å². The number of fused-ring (bicyclic) bond motifs is 2. The van der Waals surface area contributed by atoms with Crippen LogP contribution in [0.15, 0.2) is 53.5 Å². The second-order valence-corrected chi connectivity index (χ2v) is 8.42.